The van der Waals surface area contributed by atoms with Crippen LogP contribution in [-0.2, 0) is 6.18 Å². The Morgan fingerprint density at radius 3 is 2.81 bits per heavy atom. The summed E-state index contributed by atoms with van der Waals surface area (Å²) >= 11 is 0. The van der Waals surface area contributed by atoms with Gasteiger partial charge in [0.05, 0.1) is 12.1 Å². The Balaban J connectivity index is 1.69. The number of aryl methyl sites for hydroxylation is 1. The highest BCUT2D eigenvalue weighted by Gasteiger charge is 2.33. The lowest BCUT2D eigenvalue weighted by Crippen LogP contribution is -2.44. The van der Waals surface area contributed by atoms with Gasteiger partial charge in [-0.1, -0.05) is 0 Å². The Bertz CT molecular complexity index is 798. The third-order valence-corrected chi connectivity index (χ3v) is 4.10. The fraction of sp³-hybridized carbons (Fsp3) is 0.412. The standard InChI is InChI=1S/C17H17F3N4O2/c1-11-13(5-2-7-21-11)15(25)24-9-3-4-12(10-24)26-16-22-8-6-14(23-16)17(18,19)20/h2,5-8,12H,3-4,9-10H2,1H3. The molecule has 1 unspecified atom stereocenters. The van der Waals surface area contributed by atoms with Crippen molar-refractivity contribution in [3.05, 3.63) is 47.5 Å². The molecule has 1 amide bonds. The summed E-state index contributed by atoms with van der Waals surface area (Å²) in [5, 5.41) is 0. The quantitative estimate of drug-likeness (QED) is 0.836. The van der Waals surface area contributed by atoms with Crippen molar-refractivity contribution in [3.63, 3.8) is 0 Å². The minimum atomic E-state index is -4.56. The van der Waals surface area contributed by atoms with Crippen LogP contribution >= 0.6 is 0 Å². The van der Waals surface area contributed by atoms with Crippen molar-refractivity contribution < 1.29 is 22.7 Å². The van der Waals surface area contributed by atoms with Gasteiger partial charge >= 0.3 is 12.2 Å². The number of hydrogen-bond donors (Lipinski definition) is 0. The van der Waals surface area contributed by atoms with Crippen LogP contribution in [0.1, 0.15) is 34.6 Å². The summed E-state index contributed by atoms with van der Waals surface area (Å²) in [5.74, 6) is -0.172. The number of hydrogen-bond acceptors (Lipinski definition) is 5. The van der Waals surface area contributed by atoms with Crippen LogP contribution in [0.2, 0.25) is 0 Å². The smallest absolute Gasteiger partial charge is 0.433 e. The van der Waals surface area contributed by atoms with E-state index in [0.29, 0.717) is 30.6 Å². The molecule has 3 heterocycles. The lowest BCUT2D eigenvalue weighted by Gasteiger charge is -2.32. The zero-order valence-corrected chi connectivity index (χ0v) is 14.0. The summed E-state index contributed by atoms with van der Waals surface area (Å²) in [4.78, 5) is 25.5. The molecule has 0 saturated carbocycles. The average Bonchev–Trinajstić information content (AvgIpc) is 2.61. The number of aromatic nitrogens is 3. The average molecular weight is 366 g/mol. The molecule has 0 aliphatic carbocycles. The van der Waals surface area contributed by atoms with Crippen LogP contribution in [0, 0.1) is 6.92 Å². The van der Waals surface area contributed by atoms with E-state index in [9.17, 15) is 18.0 Å². The van der Waals surface area contributed by atoms with Crippen LogP contribution < -0.4 is 4.74 Å². The first-order valence-corrected chi connectivity index (χ1v) is 8.12. The van der Waals surface area contributed by atoms with E-state index in [1.807, 2.05) is 0 Å². The second kappa shape index (κ2) is 7.27. The van der Waals surface area contributed by atoms with E-state index in [0.717, 1.165) is 12.3 Å². The number of nitrogens with zero attached hydrogens (tertiary/aromatic N) is 4. The zero-order chi connectivity index (χ0) is 18.7. The van der Waals surface area contributed by atoms with E-state index >= 15 is 0 Å². The molecule has 0 aromatic carbocycles. The highest BCUT2D eigenvalue weighted by Crippen LogP contribution is 2.28. The molecular formula is C17H17F3N4O2. The zero-order valence-electron chi connectivity index (χ0n) is 14.0. The Kier molecular flexibility index (Phi) is 5.06. The highest BCUT2D eigenvalue weighted by molar-refractivity contribution is 5.95. The van der Waals surface area contributed by atoms with Crippen LogP contribution in [0.3, 0.4) is 0 Å². The van der Waals surface area contributed by atoms with Gasteiger partial charge in [-0.3, -0.25) is 9.78 Å². The molecule has 1 fully saturated rings. The maximum Gasteiger partial charge on any atom is 0.433 e. The molecule has 1 atom stereocenters. The molecule has 0 spiro atoms. The van der Waals surface area contributed by atoms with Crippen molar-refractivity contribution >= 4 is 5.91 Å². The molecule has 0 radical (unpaired) electrons. The second-order valence-electron chi connectivity index (χ2n) is 5.99. The van der Waals surface area contributed by atoms with E-state index in [2.05, 4.69) is 15.0 Å². The molecule has 1 aliphatic rings. The minimum Gasteiger partial charge on any atom is -0.458 e. The summed E-state index contributed by atoms with van der Waals surface area (Å²) < 4.78 is 43.7. The van der Waals surface area contributed by atoms with Gasteiger partial charge in [-0.25, -0.2) is 4.98 Å². The summed E-state index contributed by atoms with van der Waals surface area (Å²) in [6, 6.07) is 3.84. The summed E-state index contributed by atoms with van der Waals surface area (Å²) in [6.07, 6.45) is -1.12. The maximum absolute atomic E-state index is 12.7. The fourth-order valence-corrected chi connectivity index (χ4v) is 2.80. The lowest BCUT2D eigenvalue weighted by molar-refractivity contribution is -0.141. The van der Waals surface area contributed by atoms with Crippen LogP contribution in [0.5, 0.6) is 6.01 Å². The normalized spacial score (nSPS) is 17.8. The first kappa shape index (κ1) is 18.1. The molecule has 138 valence electrons. The molecular weight excluding hydrogens is 349 g/mol. The predicted molar refractivity (Wildman–Crippen MR) is 85.6 cm³/mol. The van der Waals surface area contributed by atoms with Crippen molar-refractivity contribution in [1.29, 1.82) is 0 Å². The Hall–Kier alpha value is -2.71. The molecule has 9 heteroatoms. The van der Waals surface area contributed by atoms with Crippen molar-refractivity contribution in [2.24, 2.45) is 0 Å². The number of rotatable bonds is 3. The largest absolute Gasteiger partial charge is 0.458 e. The van der Waals surface area contributed by atoms with E-state index < -0.39 is 18.0 Å². The molecule has 2 aromatic heterocycles. The fourth-order valence-electron chi connectivity index (χ4n) is 2.80. The summed E-state index contributed by atoms with van der Waals surface area (Å²) in [5.41, 5.74) is 0.0717. The third kappa shape index (κ3) is 4.09. The van der Waals surface area contributed by atoms with Crippen molar-refractivity contribution in [1.82, 2.24) is 19.9 Å². The lowest BCUT2D eigenvalue weighted by atomic mass is 10.1. The number of alkyl halides is 3. The third-order valence-electron chi connectivity index (χ3n) is 4.10. The van der Waals surface area contributed by atoms with Gasteiger partial charge < -0.3 is 9.64 Å². The van der Waals surface area contributed by atoms with Crippen molar-refractivity contribution in [2.45, 2.75) is 32.0 Å². The first-order chi connectivity index (χ1) is 12.3. The van der Waals surface area contributed by atoms with Gasteiger partial charge in [0.2, 0.25) is 0 Å². The monoisotopic (exact) mass is 366 g/mol. The molecule has 0 N–H and O–H groups in total. The Morgan fingerprint density at radius 1 is 1.27 bits per heavy atom. The first-order valence-electron chi connectivity index (χ1n) is 8.12. The topological polar surface area (TPSA) is 68.2 Å². The van der Waals surface area contributed by atoms with Crippen LogP contribution in [-0.4, -0.2) is 45.0 Å². The predicted octanol–water partition coefficient (Wildman–Crippen LogP) is 2.88. The molecule has 1 saturated heterocycles. The highest BCUT2D eigenvalue weighted by atomic mass is 19.4. The maximum atomic E-state index is 12.7. The van der Waals surface area contributed by atoms with Gasteiger partial charge in [-0.2, -0.15) is 18.2 Å². The molecule has 3 rings (SSSR count). The summed E-state index contributed by atoms with van der Waals surface area (Å²) in [6.45, 7) is 2.56. The number of pyridine rings is 1. The molecule has 6 nitrogen and oxygen atoms in total. The molecule has 26 heavy (non-hydrogen) atoms. The van der Waals surface area contributed by atoms with Crippen molar-refractivity contribution in [3.8, 4) is 6.01 Å². The molecule has 0 bridgehead atoms. The Labute approximate surface area is 148 Å². The van der Waals surface area contributed by atoms with E-state index in [1.54, 1.807) is 30.2 Å². The number of carbonyl (C=O) groups is 1. The minimum absolute atomic E-state index is 0.172. The van der Waals surface area contributed by atoms with E-state index in [-0.39, 0.29) is 18.5 Å². The van der Waals surface area contributed by atoms with E-state index in [4.69, 9.17) is 4.74 Å². The molecule has 2 aromatic rings. The number of amides is 1. The SMILES string of the molecule is Cc1ncccc1C(=O)N1CCCC(Oc2nccc(C(F)(F)F)n2)C1. The second-order valence-corrected chi connectivity index (χ2v) is 5.99. The van der Waals surface area contributed by atoms with Gasteiger partial charge in [-0.15, -0.1) is 0 Å². The van der Waals surface area contributed by atoms with E-state index in [1.165, 1.54) is 0 Å². The van der Waals surface area contributed by atoms with Gasteiger partial charge in [0.25, 0.3) is 5.91 Å². The van der Waals surface area contributed by atoms with Crippen LogP contribution in [0.4, 0.5) is 13.2 Å². The number of halogens is 3. The van der Waals surface area contributed by atoms with Gasteiger partial charge in [0.15, 0.2) is 5.69 Å². The molecule has 1 aliphatic heterocycles. The summed E-state index contributed by atoms with van der Waals surface area (Å²) in [7, 11) is 0. The van der Waals surface area contributed by atoms with Crippen LogP contribution in [0.15, 0.2) is 30.6 Å². The number of piperidine rings is 1. The van der Waals surface area contributed by atoms with Crippen LogP contribution in [0.25, 0.3) is 0 Å². The number of ether oxygens (including phenoxy) is 1. The van der Waals surface area contributed by atoms with Crippen molar-refractivity contribution in [2.75, 3.05) is 13.1 Å². The number of carbonyl (C=O) groups excluding carboxylic acids is 1. The van der Waals surface area contributed by atoms with Gasteiger partial charge in [-0.05, 0) is 38.0 Å². The number of likely N-dealkylation sites (tertiary alicyclic amines) is 1. The Morgan fingerprint density at radius 2 is 2.08 bits per heavy atom. The van der Waals surface area contributed by atoms with Gasteiger partial charge in [0.1, 0.15) is 6.10 Å². The van der Waals surface area contributed by atoms with Gasteiger partial charge in [0, 0.05) is 24.6 Å².